The van der Waals surface area contributed by atoms with Gasteiger partial charge in [-0.05, 0) is 60.7 Å². The zero-order chi connectivity index (χ0) is 27.2. The molecule has 3 aromatic rings. The number of hydrogen-bond donors (Lipinski definition) is 0. The van der Waals surface area contributed by atoms with Gasteiger partial charge in [-0.25, -0.2) is 0 Å². The van der Waals surface area contributed by atoms with E-state index in [1.54, 1.807) is 11.8 Å². The summed E-state index contributed by atoms with van der Waals surface area (Å²) in [5.41, 5.74) is 1.21. The molecule has 0 saturated heterocycles. The Balaban J connectivity index is 1.60. The van der Waals surface area contributed by atoms with Crippen LogP contribution in [0.4, 0.5) is 0 Å². The number of terminal acetylenes is 1. The molecule has 0 amide bonds. The number of esters is 1. The molecule has 0 fully saturated rings. The molecule has 5 nitrogen and oxygen atoms in total. The van der Waals surface area contributed by atoms with Crippen molar-refractivity contribution < 1.29 is 23.7 Å². The van der Waals surface area contributed by atoms with Crippen LogP contribution in [0.15, 0.2) is 82.6 Å². The number of benzene rings is 3. The van der Waals surface area contributed by atoms with Crippen molar-refractivity contribution in [2.75, 3.05) is 27.6 Å². The molecule has 1 atom stereocenters. The van der Waals surface area contributed by atoms with Crippen LogP contribution in [0, 0.1) is 17.8 Å². The lowest BCUT2D eigenvalue weighted by molar-refractivity contribution is -0.160. The summed E-state index contributed by atoms with van der Waals surface area (Å²) in [6.45, 7) is 0.734. The second-order valence-electron chi connectivity index (χ2n) is 8.87. The Hall–Kier alpha value is -2.95. The quantitative estimate of drug-likeness (QED) is 0.0860. The first-order valence-electron chi connectivity index (χ1n) is 12.3. The predicted octanol–water partition coefficient (Wildman–Crippen LogP) is 7.20. The molecule has 0 aliphatic rings. The molecule has 0 aliphatic heterocycles. The second-order valence-corrected chi connectivity index (χ2v) is 10.4. The van der Waals surface area contributed by atoms with E-state index in [1.165, 1.54) is 14.2 Å². The Bertz CT molecular complexity index is 1210. The fraction of sp³-hybridized carbons (Fsp3) is 0.323. The number of carbonyl (C=O) groups is 1. The molecule has 7 heteroatoms. The maximum atomic E-state index is 12.6. The van der Waals surface area contributed by atoms with Crippen molar-refractivity contribution in [3.8, 4) is 18.1 Å². The van der Waals surface area contributed by atoms with Gasteiger partial charge in [-0.1, -0.05) is 65.8 Å². The number of rotatable bonds is 15. The molecule has 3 rings (SSSR count). The average molecular weight is 553 g/mol. The zero-order valence-electron chi connectivity index (χ0n) is 21.8. The summed E-state index contributed by atoms with van der Waals surface area (Å²) >= 11 is 8.27. The van der Waals surface area contributed by atoms with Crippen molar-refractivity contribution in [2.24, 2.45) is 5.41 Å². The van der Waals surface area contributed by atoms with Crippen molar-refractivity contribution in [1.82, 2.24) is 0 Å². The molecule has 0 bridgehead atoms. The number of ether oxygens (including phenoxy) is 4. The van der Waals surface area contributed by atoms with Crippen molar-refractivity contribution in [1.29, 1.82) is 0 Å². The monoisotopic (exact) mass is 552 g/mol. The fourth-order valence-electron chi connectivity index (χ4n) is 4.09. The summed E-state index contributed by atoms with van der Waals surface area (Å²) in [5.74, 6) is 3.04. The summed E-state index contributed by atoms with van der Waals surface area (Å²) < 4.78 is 21.5. The molecule has 3 aromatic carbocycles. The van der Waals surface area contributed by atoms with Gasteiger partial charge in [0, 0.05) is 28.3 Å². The minimum atomic E-state index is -0.919. The van der Waals surface area contributed by atoms with Gasteiger partial charge in [0.1, 0.15) is 24.6 Å². The van der Waals surface area contributed by atoms with Gasteiger partial charge in [0.15, 0.2) is 0 Å². The van der Waals surface area contributed by atoms with E-state index < -0.39 is 5.41 Å². The number of halogens is 1. The van der Waals surface area contributed by atoms with Gasteiger partial charge in [-0.15, -0.1) is 12.3 Å². The fourth-order valence-corrected chi connectivity index (χ4v) is 5.34. The minimum absolute atomic E-state index is 0.0797. The van der Waals surface area contributed by atoms with Gasteiger partial charge < -0.3 is 18.9 Å². The van der Waals surface area contributed by atoms with Crippen molar-refractivity contribution in [3.05, 3.63) is 88.9 Å². The Morgan fingerprint density at radius 2 is 1.82 bits per heavy atom. The molecule has 1 unspecified atom stereocenters. The van der Waals surface area contributed by atoms with Crippen LogP contribution in [-0.2, 0) is 32.0 Å². The molecule has 0 aromatic heterocycles. The minimum Gasteiger partial charge on any atom is -0.489 e. The van der Waals surface area contributed by atoms with Gasteiger partial charge in [0.25, 0.3) is 0 Å². The summed E-state index contributed by atoms with van der Waals surface area (Å²) in [7, 11) is 2.89. The van der Waals surface area contributed by atoms with E-state index in [-0.39, 0.29) is 25.8 Å². The molecular formula is C31H33ClO5S. The Kier molecular flexibility index (Phi) is 12.0. The lowest BCUT2D eigenvalue weighted by Crippen LogP contribution is -2.37. The number of methoxy groups -OCH3 is 2. The van der Waals surface area contributed by atoms with E-state index in [4.69, 9.17) is 37.0 Å². The Morgan fingerprint density at radius 3 is 2.53 bits per heavy atom. The van der Waals surface area contributed by atoms with E-state index >= 15 is 0 Å². The standard InChI is InChI=1S/C31H33ClO5S/c1-4-17-31(30(33)35-3,22-36-23-34-2)18-9-12-25-15-16-28(20-29(25)32)38-27-14-8-13-26(19-27)37-21-24-10-6-5-7-11-24/h1,5-8,10-11,13-16,19-20H,9,12,17-18,21-23H2,2-3H3. The third-order valence-electron chi connectivity index (χ3n) is 6.05. The van der Waals surface area contributed by atoms with Crippen LogP contribution in [0.2, 0.25) is 5.02 Å². The summed E-state index contributed by atoms with van der Waals surface area (Å²) in [6, 6.07) is 24.2. The number of carbonyl (C=O) groups excluding carboxylic acids is 1. The first-order chi connectivity index (χ1) is 18.5. The molecule has 0 heterocycles. The highest BCUT2D eigenvalue weighted by Gasteiger charge is 2.39. The lowest BCUT2D eigenvalue weighted by Gasteiger charge is -2.29. The van der Waals surface area contributed by atoms with Gasteiger partial charge in [-0.3, -0.25) is 4.79 Å². The first kappa shape index (κ1) is 29.6. The number of aryl methyl sites for hydroxylation is 1. The van der Waals surface area contributed by atoms with Crippen LogP contribution in [0.5, 0.6) is 5.75 Å². The zero-order valence-corrected chi connectivity index (χ0v) is 23.4. The summed E-state index contributed by atoms with van der Waals surface area (Å²) in [4.78, 5) is 14.7. The highest BCUT2D eigenvalue weighted by atomic mass is 35.5. The van der Waals surface area contributed by atoms with E-state index in [0.717, 1.165) is 26.7 Å². The summed E-state index contributed by atoms with van der Waals surface area (Å²) in [6.07, 6.45) is 7.70. The molecule has 0 N–H and O–H groups in total. The maximum Gasteiger partial charge on any atom is 0.315 e. The highest BCUT2D eigenvalue weighted by molar-refractivity contribution is 7.99. The van der Waals surface area contributed by atoms with Gasteiger partial charge in [0.05, 0.1) is 13.7 Å². The molecule has 200 valence electrons. The Morgan fingerprint density at radius 1 is 1.03 bits per heavy atom. The second kappa shape index (κ2) is 15.5. The third-order valence-corrected chi connectivity index (χ3v) is 7.39. The predicted molar refractivity (Wildman–Crippen MR) is 151 cm³/mol. The van der Waals surface area contributed by atoms with E-state index in [2.05, 4.69) is 12.0 Å². The van der Waals surface area contributed by atoms with Crippen LogP contribution in [-0.4, -0.2) is 33.6 Å². The molecule has 0 radical (unpaired) electrons. The first-order valence-corrected chi connectivity index (χ1v) is 13.5. The molecular weight excluding hydrogens is 520 g/mol. The maximum absolute atomic E-state index is 12.6. The number of hydrogen-bond acceptors (Lipinski definition) is 6. The van der Waals surface area contributed by atoms with E-state index in [0.29, 0.717) is 30.9 Å². The van der Waals surface area contributed by atoms with E-state index in [1.807, 2.05) is 66.7 Å². The molecule has 0 saturated carbocycles. The van der Waals surface area contributed by atoms with Crippen LogP contribution < -0.4 is 4.74 Å². The average Bonchev–Trinajstić information content (AvgIpc) is 2.93. The largest absolute Gasteiger partial charge is 0.489 e. The van der Waals surface area contributed by atoms with Crippen molar-refractivity contribution in [3.63, 3.8) is 0 Å². The molecule has 0 spiro atoms. The van der Waals surface area contributed by atoms with Gasteiger partial charge in [0.2, 0.25) is 0 Å². The summed E-state index contributed by atoms with van der Waals surface area (Å²) in [5, 5.41) is 0.683. The Labute approximate surface area is 234 Å². The lowest BCUT2D eigenvalue weighted by atomic mass is 9.80. The van der Waals surface area contributed by atoms with Crippen LogP contribution in [0.1, 0.15) is 30.4 Å². The van der Waals surface area contributed by atoms with Crippen LogP contribution in [0.3, 0.4) is 0 Å². The van der Waals surface area contributed by atoms with Crippen LogP contribution in [0.25, 0.3) is 0 Å². The SMILES string of the molecule is C#CCC(CCCc1ccc(Sc2cccc(OCc3ccccc3)c2)cc1Cl)(COCOC)C(=O)OC. The highest BCUT2D eigenvalue weighted by Crippen LogP contribution is 2.35. The smallest absolute Gasteiger partial charge is 0.315 e. The van der Waals surface area contributed by atoms with E-state index in [9.17, 15) is 4.79 Å². The van der Waals surface area contributed by atoms with Gasteiger partial charge in [-0.2, -0.15) is 0 Å². The van der Waals surface area contributed by atoms with Crippen molar-refractivity contribution in [2.45, 2.75) is 42.1 Å². The van der Waals surface area contributed by atoms with Crippen LogP contribution >= 0.6 is 23.4 Å². The van der Waals surface area contributed by atoms with Gasteiger partial charge >= 0.3 is 5.97 Å². The molecule has 38 heavy (non-hydrogen) atoms. The topological polar surface area (TPSA) is 54.0 Å². The normalized spacial score (nSPS) is 12.4. The van der Waals surface area contributed by atoms with Crippen molar-refractivity contribution >= 4 is 29.3 Å². The molecule has 0 aliphatic carbocycles. The third kappa shape index (κ3) is 8.82.